The van der Waals surface area contributed by atoms with Gasteiger partial charge in [0.15, 0.2) is 5.82 Å². The maximum absolute atomic E-state index is 12.3. The third-order valence-electron chi connectivity index (χ3n) is 3.76. The Morgan fingerprint density at radius 1 is 0.926 bits per heavy atom. The number of carbonyl (C=O) groups is 2. The van der Waals surface area contributed by atoms with Gasteiger partial charge in [-0.2, -0.15) is 0 Å². The van der Waals surface area contributed by atoms with Crippen molar-refractivity contribution in [2.24, 2.45) is 0 Å². The van der Waals surface area contributed by atoms with Gasteiger partial charge >= 0.3 is 5.97 Å². The molecule has 6 heteroatoms. The summed E-state index contributed by atoms with van der Waals surface area (Å²) in [6, 6.07) is 16.1. The smallest absolute Gasteiger partial charge is 0.338 e. The molecule has 1 aromatic heterocycles. The number of rotatable bonds is 6. The second-order valence-corrected chi connectivity index (χ2v) is 5.83. The van der Waals surface area contributed by atoms with Crippen molar-refractivity contribution < 1.29 is 14.3 Å². The predicted molar refractivity (Wildman–Crippen MR) is 102 cm³/mol. The summed E-state index contributed by atoms with van der Waals surface area (Å²) in [4.78, 5) is 32.6. The van der Waals surface area contributed by atoms with Gasteiger partial charge in [-0.25, -0.2) is 14.8 Å². The third kappa shape index (κ3) is 4.76. The molecule has 3 rings (SSSR count). The summed E-state index contributed by atoms with van der Waals surface area (Å²) < 4.78 is 5.07. The molecule has 0 saturated carbocycles. The SMILES string of the molecule is CCCOC(=O)c1ccc(NC(=O)c2cnc(-c3ccccc3)nc2)cc1. The quantitative estimate of drug-likeness (QED) is 0.672. The zero-order chi connectivity index (χ0) is 19.1. The van der Waals surface area contributed by atoms with E-state index in [0.717, 1.165) is 12.0 Å². The molecule has 0 saturated heterocycles. The van der Waals surface area contributed by atoms with E-state index < -0.39 is 0 Å². The van der Waals surface area contributed by atoms with E-state index in [-0.39, 0.29) is 11.9 Å². The van der Waals surface area contributed by atoms with Crippen LogP contribution in [0.2, 0.25) is 0 Å². The van der Waals surface area contributed by atoms with E-state index >= 15 is 0 Å². The summed E-state index contributed by atoms with van der Waals surface area (Å²) >= 11 is 0. The fraction of sp³-hybridized carbons (Fsp3) is 0.143. The first-order valence-corrected chi connectivity index (χ1v) is 8.63. The summed E-state index contributed by atoms with van der Waals surface area (Å²) in [7, 11) is 0. The van der Waals surface area contributed by atoms with Crippen molar-refractivity contribution in [3.05, 3.63) is 78.1 Å². The molecule has 6 nitrogen and oxygen atoms in total. The number of benzene rings is 2. The largest absolute Gasteiger partial charge is 0.462 e. The van der Waals surface area contributed by atoms with Crippen LogP contribution in [0, 0.1) is 0 Å². The maximum atomic E-state index is 12.3. The van der Waals surface area contributed by atoms with Crippen LogP contribution in [0.3, 0.4) is 0 Å². The van der Waals surface area contributed by atoms with E-state index in [1.165, 1.54) is 12.4 Å². The number of aromatic nitrogens is 2. The number of hydrogen-bond acceptors (Lipinski definition) is 5. The van der Waals surface area contributed by atoms with E-state index in [2.05, 4.69) is 15.3 Å². The van der Waals surface area contributed by atoms with Crippen molar-refractivity contribution in [3.8, 4) is 11.4 Å². The zero-order valence-corrected chi connectivity index (χ0v) is 14.9. The van der Waals surface area contributed by atoms with Gasteiger partial charge in [0, 0.05) is 23.6 Å². The van der Waals surface area contributed by atoms with Gasteiger partial charge in [0.05, 0.1) is 17.7 Å². The normalized spacial score (nSPS) is 10.3. The Bertz CT molecular complexity index is 908. The molecule has 1 amide bonds. The second kappa shape index (κ2) is 8.71. The van der Waals surface area contributed by atoms with Crippen molar-refractivity contribution in [1.29, 1.82) is 0 Å². The van der Waals surface area contributed by atoms with Crippen molar-refractivity contribution in [1.82, 2.24) is 9.97 Å². The van der Waals surface area contributed by atoms with Gasteiger partial charge in [-0.05, 0) is 30.7 Å². The fourth-order valence-electron chi connectivity index (χ4n) is 2.35. The van der Waals surface area contributed by atoms with Gasteiger partial charge in [0.2, 0.25) is 0 Å². The monoisotopic (exact) mass is 361 g/mol. The first kappa shape index (κ1) is 18.3. The maximum Gasteiger partial charge on any atom is 0.338 e. The molecule has 0 spiro atoms. The molecule has 0 bridgehead atoms. The first-order valence-electron chi connectivity index (χ1n) is 8.63. The molecule has 27 heavy (non-hydrogen) atoms. The lowest BCUT2D eigenvalue weighted by Crippen LogP contribution is -2.13. The predicted octanol–water partition coefficient (Wildman–Crippen LogP) is 3.96. The van der Waals surface area contributed by atoms with E-state index in [4.69, 9.17) is 4.74 Å². The number of nitrogens with one attached hydrogen (secondary N) is 1. The highest BCUT2D eigenvalue weighted by Gasteiger charge is 2.10. The molecule has 1 N–H and O–H groups in total. The molecule has 0 aliphatic rings. The van der Waals surface area contributed by atoms with E-state index in [1.807, 2.05) is 37.3 Å². The minimum absolute atomic E-state index is 0.323. The van der Waals surface area contributed by atoms with Crippen LogP contribution in [0.25, 0.3) is 11.4 Å². The lowest BCUT2D eigenvalue weighted by atomic mass is 10.2. The Balaban J connectivity index is 1.64. The average molecular weight is 361 g/mol. The second-order valence-electron chi connectivity index (χ2n) is 5.83. The van der Waals surface area contributed by atoms with Gasteiger partial charge in [-0.1, -0.05) is 37.3 Å². The molecule has 136 valence electrons. The van der Waals surface area contributed by atoms with Crippen LogP contribution >= 0.6 is 0 Å². The summed E-state index contributed by atoms with van der Waals surface area (Å²) in [5.74, 6) is -0.141. The molecule has 0 atom stereocenters. The number of amides is 1. The van der Waals surface area contributed by atoms with Crippen LogP contribution in [0.15, 0.2) is 67.0 Å². The lowest BCUT2D eigenvalue weighted by molar-refractivity contribution is 0.0505. The molecule has 0 aliphatic heterocycles. The summed E-state index contributed by atoms with van der Waals surface area (Å²) in [5.41, 5.74) is 2.24. The topological polar surface area (TPSA) is 81.2 Å². The van der Waals surface area contributed by atoms with Crippen LogP contribution in [-0.4, -0.2) is 28.5 Å². The van der Waals surface area contributed by atoms with Crippen molar-refractivity contribution in [2.75, 3.05) is 11.9 Å². The van der Waals surface area contributed by atoms with Crippen LogP contribution in [0.5, 0.6) is 0 Å². The van der Waals surface area contributed by atoms with Crippen LogP contribution in [-0.2, 0) is 4.74 Å². The van der Waals surface area contributed by atoms with Gasteiger partial charge in [0.25, 0.3) is 5.91 Å². The lowest BCUT2D eigenvalue weighted by Gasteiger charge is -2.07. The van der Waals surface area contributed by atoms with Crippen molar-refractivity contribution in [3.63, 3.8) is 0 Å². The molecule has 0 fully saturated rings. The van der Waals surface area contributed by atoms with Gasteiger partial charge < -0.3 is 10.1 Å². The molecular formula is C21H19N3O3. The molecule has 0 aliphatic carbocycles. The van der Waals surface area contributed by atoms with Crippen LogP contribution in [0.1, 0.15) is 34.1 Å². The summed E-state index contributed by atoms with van der Waals surface area (Å²) in [6.07, 6.45) is 3.74. The molecule has 1 heterocycles. The third-order valence-corrected chi connectivity index (χ3v) is 3.76. The summed E-state index contributed by atoms with van der Waals surface area (Å²) in [5, 5.41) is 2.76. The number of carbonyl (C=O) groups excluding carboxylic acids is 2. The van der Waals surface area contributed by atoms with Gasteiger partial charge in [-0.3, -0.25) is 4.79 Å². The van der Waals surface area contributed by atoms with Gasteiger partial charge in [0.1, 0.15) is 0 Å². The summed E-state index contributed by atoms with van der Waals surface area (Å²) in [6.45, 7) is 2.32. The van der Waals surface area contributed by atoms with Crippen molar-refractivity contribution in [2.45, 2.75) is 13.3 Å². The van der Waals surface area contributed by atoms with E-state index in [0.29, 0.717) is 29.2 Å². The first-order chi connectivity index (χ1) is 13.2. The minimum Gasteiger partial charge on any atom is -0.462 e. The molecule has 0 unspecified atom stereocenters. The van der Waals surface area contributed by atoms with Crippen LogP contribution < -0.4 is 5.32 Å². The highest BCUT2D eigenvalue weighted by molar-refractivity contribution is 6.04. The Hall–Kier alpha value is -3.54. The van der Waals surface area contributed by atoms with Gasteiger partial charge in [-0.15, -0.1) is 0 Å². The highest BCUT2D eigenvalue weighted by Crippen LogP contribution is 2.15. The molecule has 3 aromatic rings. The minimum atomic E-state index is -0.375. The number of hydrogen-bond donors (Lipinski definition) is 1. The molecule has 2 aromatic carbocycles. The van der Waals surface area contributed by atoms with Crippen LogP contribution in [0.4, 0.5) is 5.69 Å². The number of nitrogens with zero attached hydrogens (tertiary/aromatic N) is 2. The van der Waals surface area contributed by atoms with E-state index in [1.54, 1.807) is 24.3 Å². The van der Waals surface area contributed by atoms with E-state index in [9.17, 15) is 9.59 Å². The number of anilines is 1. The molecule has 0 radical (unpaired) electrons. The van der Waals surface area contributed by atoms with Crippen molar-refractivity contribution >= 4 is 17.6 Å². The Labute approximate surface area is 157 Å². The highest BCUT2D eigenvalue weighted by atomic mass is 16.5. The number of ether oxygens (including phenoxy) is 1. The average Bonchev–Trinajstić information content (AvgIpc) is 2.73. The molecular weight excluding hydrogens is 342 g/mol. The standard InChI is InChI=1S/C21H19N3O3/c1-2-12-27-21(26)16-8-10-18(11-9-16)24-20(25)17-13-22-19(23-14-17)15-6-4-3-5-7-15/h3-11,13-14H,2,12H2,1H3,(H,24,25). The fourth-order valence-corrected chi connectivity index (χ4v) is 2.35. The Kier molecular flexibility index (Phi) is 5.89. The number of esters is 1. The Morgan fingerprint density at radius 3 is 2.22 bits per heavy atom. The Morgan fingerprint density at radius 2 is 1.59 bits per heavy atom. The zero-order valence-electron chi connectivity index (χ0n) is 14.9.